The minimum Gasteiger partial charge on any atom is -0.352 e. The summed E-state index contributed by atoms with van der Waals surface area (Å²) in [4.78, 5) is 29.8. The van der Waals surface area contributed by atoms with Gasteiger partial charge in [0.1, 0.15) is 12.4 Å². The highest BCUT2D eigenvalue weighted by Gasteiger charge is 2.14. The molecule has 168 valence electrons. The molecule has 33 heavy (non-hydrogen) atoms. The number of nitrogens with one attached hydrogen (secondary N) is 2. The van der Waals surface area contributed by atoms with E-state index >= 15 is 0 Å². The first kappa shape index (κ1) is 22.3. The van der Waals surface area contributed by atoms with Crippen molar-refractivity contribution in [1.82, 2.24) is 14.9 Å². The molecule has 0 aliphatic heterocycles. The van der Waals surface area contributed by atoms with Crippen LogP contribution in [-0.2, 0) is 17.8 Å². The van der Waals surface area contributed by atoms with E-state index < -0.39 is 0 Å². The summed E-state index contributed by atoms with van der Waals surface area (Å²) in [6.45, 7) is 4.70. The van der Waals surface area contributed by atoms with Gasteiger partial charge in [-0.25, -0.2) is 4.98 Å². The van der Waals surface area contributed by atoms with Gasteiger partial charge in [-0.2, -0.15) is 0 Å². The van der Waals surface area contributed by atoms with E-state index in [0.717, 1.165) is 40.1 Å². The highest BCUT2D eigenvalue weighted by Crippen LogP contribution is 2.18. The van der Waals surface area contributed by atoms with Gasteiger partial charge in [-0.3, -0.25) is 9.59 Å². The van der Waals surface area contributed by atoms with E-state index in [9.17, 15) is 9.59 Å². The molecule has 0 saturated carbocycles. The molecule has 0 atom stereocenters. The summed E-state index contributed by atoms with van der Waals surface area (Å²) in [5.41, 5.74) is 5.44. The number of aryl methyl sites for hydroxylation is 3. The maximum absolute atomic E-state index is 12.8. The lowest BCUT2D eigenvalue weighted by Gasteiger charge is -2.11. The summed E-state index contributed by atoms with van der Waals surface area (Å²) in [6, 6.07) is 23.1. The minimum absolute atomic E-state index is 0.0824. The Kier molecular flexibility index (Phi) is 6.83. The Balaban J connectivity index is 1.41. The van der Waals surface area contributed by atoms with Crippen LogP contribution in [0, 0.1) is 13.8 Å². The number of carbonyl (C=O) groups excluding carboxylic acids is 2. The average Bonchev–Trinajstić information content (AvgIpc) is 3.14. The quantitative estimate of drug-likeness (QED) is 0.392. The van der Waals surface area contributed by atoms with E-state index in [2.05, 4.69) is 10.6 Å². The fourth-order valence-corrected chi connectivity index (χ4v) is 3.82. The number of hydrogen-bond acceptors (Lipinski definition) is 3. The number of nitrogens with zero attached hydrogens (tertiary/aromatic N) is 2. The summed E-state index contributed by atoms with van der Waals surface area (Å²) in [7, 11) is 0. The van der Waals surface area contributed by atoms with Crippen molar-refractivity contribution in [2.75, 3.05) is 11.9 Å². The van der Waals surface area contributed by atoms with Crippen LogP contribution in [0.3, 0.4) is 0 Å². The third kappa shape index (κ3) is 5.66. The van der Waals surface area contributed by atoms with E-state index in [4.69, 9.17) is 4.98 Å². The molecule has 0 radical (unpaired) electrons. The summed E-state index contributed by atoms with van der Waals surface area (Å²) in [5, 5.41) is 5.94. The van der Waals surface area contributed by atoms with Gasteiger partial charge >= 0.3 is 0 Å². The second kappa shape index (κ2) is 10.1. The van der Waals surface area contributed by atoms with Crippen molar-refractivity contribution in [3.8, 4) is 0 Å². The Labute approximate surface area is 193 Å². The van der Waals surface area contributed by atoms with Gasteiger partial charge in [0, 0.05) is 24.2 Å². The van der Waals surface area contributed by atoms with Crippen LogP contribution in [0.5, 0.6) is 0 Å². The lowest BCUT2D eigenvalue weighted by Crippen LogP contribution is -2.25. The van der Waals surface area contributed by atoms with Crippen LogP contribution < -0.4 is 10.6 Å². The van der Waals surface area contributed by atoms with Crippen LogP contribution in [-0.4, -0.2) is 27.9 Å². The van der Waals surface area contributed by atoms with Gasteiger partial charge in [-0.05, 0) is 62.2 Å². The molecule has 0 spiro atoms. The number of benzene rings is 3. The maximum atomic E-state index is 12.8. The molecule has 4 rings (SSSR count). The summed E-state index contributed by atoms with van der Waals surface area (Å²) in [6.07, 6.45) is 1.38. The minimum atomic E-state index is -0.0994. The largest absolute Gasteiger partial charge is 0.352 e. The summed E-state index contributed by atoms with van der Waals surface area (Å²) in [5.74, 6) is 0.652. The number of amides is 2. The van der Waals surface area contributed by atoms with Crippen LogP contribution in [0.25, 0.3) is 11.0 Å². The Hall–Kier alpha value is -3.93. The number of fused-ring (bicyclic) bond motifs is 1. The predicted octanol–water partition coefficient (Wildman–Crippen LogP) is 4.65. The highest BCUT2D eigenvalue weighted by atomic mass is 16.2. The number of para-hydroxylation sites is 2. The van der Waals surface area contributed by atoms with Gasteiger partial charge in [0.15, 0.2) is 0 Å². The van der Waals surface area contributed by atoms with E-state index in [1.54, 1.807) is 0 Å². The fraction of sp³-hybridized carbons (Fsp3) is 0.222. The molecule has 6 heteroatoms. The van der Waals surface area contributed by atoms with Gasteiger partial charge in [-0.1, -0.05) is 42.0 Å². The molecule has 0 saturated heterocycles. The van der Waals surface area contributed by atoms with Crippen LogP contribution in [0.15, 0.2) is 72.8 Å². The van der Waals surface area contributed by atoms with Crippen molar-refractivity contribution in [3.05, 3.63) is 95.3 Å². The zero-order chi connectivity index (χ0) is 23.2. The first-order valence-corrected chi connectivity index (χ1v) is 11.1. The molecule has 1 aromatic heterocycles. The molecule has 0 fully saturated rings. The zero-order valence-corrected chi connectivity index (χ0v) is 19.0. The van der Waals surface area contributed by atoms with Crippen LogP contribution in [0.4, 0.5) is 5.69 Å². The molecule has 2 N–H and O–H groups in total. The summed E-state index contributed by atoms with van der Waals surface area (Å²) < 4.78 is 1.96. The molecule has 6 nitrogen and oxygen atoms in total. The highest BCUT2D eigenvalue weighted by molar-refractivity contribution is 5.94. The SMILES string of the molecule is Cc1ccc(C(=O)NCCCc2nc3ccccc3n2CC(=O)Nc2cccc(C)c2)cc1. The molecular weight excluding hydrogens is 412 g/mol. The van der Waals surface area contributed by atoms with E-state index in [0.29, 0.717) is 18.5 Å². The van der Waals surface area contributed by atoms with Gasteiger partial charge in [0.25, 0.3) is 5.91 Å². The summed E-state index contributed by atoms with van der Waals surface area (Å²) >= 11 is 0. The molecule has 0 unspecified atom stereocenters. The lowest BCUT2D eigenvalue weighted by molar-refractivity contribution is -0.116. The molecule has 0 bridgehead atoms. The third-order valence-corrected chi connectivity index (χ3v) is 5.51. The normalized spacial score (nSPS) is 10.8. The zero-order valence-electron chi connectivity index (χ0n) is 19.0. The number of aromatic nitrogens is 2. The standard InChI is InChI=1S/C27H28N4O2/c1-19-12-14-21(15-13-19)27(33)28-16-6-11-25-30-23-9-3-4-10-24(23)31(25)18-26(32)29-22-8-5-7-20(2)17-22/h3-5,7-10,12-15,17H,6,11,16,18H2,1-2H3,(H,28,33)(H,29,32). The average molecular weight is 441 g/mol. The van der Waals surface area contributed by atoms with E-state index in [1.165, 1.54) is 0 Å². The number of imidazole rings is 1. The molecular formula is C27H28N4O2. The van der Waals surface area contributed by atoms with Crippen LogP contribution in [0.2, 0.25) is 0 Å². The number of anilines is 1. The third-order valence-electron chi connectivity index (χ3n) is 5.51. The van der Waals surface area contributed by atoms with Crippen molar-refractivity contribution >= 4 is 28.5 Å². The molecule has 0 aliphatic carbocycles. The molecule has 2 amide bonds. The van der Waals surface area contributed by atoms with E-state index in [1.807, 2.05) is 91.2 Å². The van der Waals surface area contributed by atoms with Gasteiger partial charge in [0.2, 0.25) is 5.91 Å². The Morgan fingerprint density at radius 2 is 1.70 bits per heavy atom. The second-order valence-electron chi connectivity index (χ2n) is 8.25. The Morgan fingerprint density at radius 1 is 0.909 bits per heavy atom. The van der Waals surface area contributed by atoms with Gasteiger partial charge < -0.3 is 15.2 Å². The van der Waals surface area contributed by atoms with Crippen molar-refractivity contribution in [2.45, 2.75) is 33.2 Å². The molecule has 3 aromatic carbocycles. The lowest BCUT2D eigenvalue weighted by atomic mass is 10.1. The van der Waals surface area contributed by atoms with Crippen molar-refractivity contribution in [1.29, 1.82) is 0 Å². The van der Waals surface area contributed by atoms with E-state index in [-0.39, 0.29) is 18.4 Å². The molecule has 4 aromatic rings. The smallest absolute Gasteiger partial charge is 0.251 e. The van der Waals surface area contributed by atoms with Gasteiger partial charge in [0.05, 0.1) is 11.0 Å². The Morgan fingerprint density at radius 3 is 2.48 bits per heavy atom. The first-order valence-electron chi connectivity index (χ1n) is 11.1. The fourth-order valence-electron chi connectivity index (χ4n) is 3.82. The van der Waals surface area contributed by atoms with Crippen molar-refractivity contribution in [2.24, 2.45) is 0 Å². The van der Waals surface area contributed by atoms with Crippen LogP contribution in [0.1, 0.15) is 33.7 Å². The Bertz CT molecular complexity index is 1280. The first-order chi connectivity index (χ1) is 16.0. The number of hydrogen-bond donors (Lipinski definition) is 2. The van der Waals surface area contributed by atoms with Crippen molar-refractivity contribution < 1.29 is 9.59 Å². The number of rotatable bonds is 8. The van der Waals surface area contributed by atoms with Crippen molar-refractivity contribution in [3.63, 3.8) is 0 Å². The topological polar surface area (TPSA) is 76.0 Å². The second-order valence-corrected chi connectivity index (χ2v) is 8.25. The number of carbonyl (C=O) groups is 2. The predicted molar refractivity (Wildman–Crippen MR) is 131 cm³/mol. The van der Waals surface area contributed by atoms with Gasteiger partial charge in [-0.15, -0.1) is 0 Å². The molecule has 1 heterocycles. The van der Waals surface area contributed by atoms with Crippen LogP contribution >= 0.6 is 0 Å². The monoisotopic (exact) mass is 440 g/mol. The molecule has 0 aliphatic rings. The maximum Gasteiger partial charge on any atom is 0.251 e.